The highest BCUT2D eigenvalue weighted by molar-refractivity contribution is 7.15. The topological polar surface area (TPSA) is 45.2 Å². The maximum absolute atomic E-state index is 13.0. The van der Waals surface area contributed by atoms with E-state index >= 15 is 0 Å². The summed E-state index contributed by atoms with van der Waals surface area (Å²) in [6.07, 6.45) is 2.93. The van der Waals surface area contributed by atoms with E-state index in [1.54, 1.807) is 11.3 Å². The highest BCUT2D eigenvalue weighted by Gasteiger charge is 2.21. The van der Waals surface area contributed by atoms with Gasteiger partial charge in [-0.25, -0.2) is 4.98 Å². The van der Waals surface area contributed by atoms with E-state index in [2.05, 4.69) is 46.4 Å². The van der Waals surface area contributed by atoms with Crippen LogP contribution < -0.4 is 5.32 Å². The summed E-state index contributed by atoms with van der Waals surface area (Å²) < 4.78 is 0. The molecule has 31 heavy (non-hydrogen) atoms. The quantitative estimate of drug-likeness (QED) is 0.509. The van der Waals surface area contributed by atoms with E-state index in [1.807, 2.05) is 43.3 Å². The van der Waals surface area contributed by atoms with Crippen molar-refractivity contribution >= 4 is 22.4 Å². The molecule has 1 amide bonds. The maximum Gasteiger partial charge on any atom is 0.227 e. The smallest absolute Gasteiger partial charge is 0.227 e. The Bertz CT molecular complexity index is 939. The molecule has 0 aliphatic carbocycles. The molecule has 1 fully saturated rings. The predicted molar refractivity (Wildman–Crippen MR) is 128 cm³/mol. The number of piperidine rings is 1. The molecule has 162 valence electrons. The molecule has 2 aromatic carbocycles. The number of amides is 1. The Labute approximate surface area is 189 Å². The number of benzene rings is 2. The molecule has 5 heteroatoms. The van der Waals surface area contributed by atoms with E-state index in [-0.39, 0.29) is 11.8 Å². The minimum Gasteiger partial charge on any atom is -0.302 e. The second-order valence-corrected chi connectivity index (χ2v) is 9.70. The molecule has 1 aliphatic rings. The number of thiazole rings is 1. The molecule has 1 N–H and O–H groups in total. The molecular weight excluding hydrogens is 402 g/mol. The lowest BCUT2D eigenvalue weighted by Gasteiger charge is -2.29. The van der Waals surface area contributed by atoms with Crippen molar-refractivity contribution in [3.05, 3.63) is 82.4 Å². The fourth-order valence-corrected chi connectivity index (χ4v) is 5.23. The molecule has 0 bridgehead atoms. The summed E-state index contributed by atoms with van der Waals surface area (Å²) in [6, 6.07) is 20.5. The summed E-state index contributed by atoms with van der Waals surface area (Å²) in [6.45, 7) is 7.61. The molecular formula is C26H31N3OS. The zero-order chi connectivity index (χ0) is 21.6. The van der Waals surface area contributed by atoms with Crippen LogP contribution >= 0.6 is 11.3 Å². The lowest BCUT2D eigenvalue weighted by Crippen LogP contribution is -2.32. The van der Waals surface area contributed by atoms with Gasteiger partial charge in [0.15, 0.2) is 5.13 Å². The monoisotopic (exact) mass is 433 g/mol. The van der Waals surface area contributed by atoms with Crippen LogP contribution in [0, 0.1) is 12.8 Å². The van der Waals surface area contributed by atoms with Crippen LogP contribution in [0.2, 0.25) is 0 Å². The molecule has 1 aromatic heterocycles. The van der Waals surface area contributed by atoms with Crippen LogP contribution in [0.25, 0.3) is 0 Å². The Kier molecular flexibility index (Phi) is 7.15. The van der Waals surface area contributed by atoms with E-state index in [1.165, 1.54) is 17.7 Å². The third-order valence-electron chi connectivity index (χ3n) is 6.18. The van der Waals surface area contributed by atoms with Gasteiger partial charge in [-0.3, -0.25) is 9.69 Å². The van der Waals surface area contributed by atoms with Gasteiger partial charge in [0.2, 0.25) is 5.91 Å². The van der Waals surface area contributed by atoms with Crippen molar-refractivity contribution in [2.75, 3.05) is 18.4 Å². The molecule has 0 unspecified atom stereocenters. The van der Waals surface area contributed by atoms with Gasteiger partial charge >= 0.3 is 0 Å². The number of anilines is 1. The van der Waals surface area contributed by atoms with Gasteiger partial charge in [0.25, 0.3) is 0 Å². The Morgan fingerprint density at radius 1 is 1.06 bits per heavy atom. The van der Waals surface area contributed by atoms with Crippen molar-refractivity contribution in [2.24, 2.45) is 5.92 Å². The molecule has 1 aliphatic heterocycles. The SMILES string of the molecule is Cc1nc(NC(=O)CC(c2ccccc2)c2ccccc2)sc1CN1CCC(C)CC1. The van der Waals surface area contributed by atoms with Gasteiger partial charge in [-0.1, -0.05) is 67.6 Å². The number of aromatic nitrogens is 1. The minimum atomic E-state index is 0.00445. The van der Waals surface area contributed by atoms with Gasteiger partial charge < -0.3 is 5.32 Å². The number of carbonyl (C=O) groups excluding carboxylic acids is 1. The fourth-order valence-electron chi connectivity index (χ4n) is 4.21. The number of nitrogens with zero attached hydrogens (tertiary/aromatic N) is 2. The van der Waals surface area contributed by atoms with E-state index in [9.17, 15) is 4.79 Å². The van der Waals surface area contributed by atoms with Gasteiger partial charge in [-0.15, -0.1) is 11.3 Å². The Balaban J connectivity index is 1.42. The maximum atomic E-state index is 13.0. The largest absolute Gasteiger partial charge is 0.302 e. The minimum absolute atomic E-state index is 0.00445. The summed E-state index contributed by atoms with van der Waals surface area (Å²) in [4.78, 5) is 21.4. The van der Waals surface area contributed by atoms with E-state index in [0.29, 0.717) is 11.6 Å². The molecule has 0 radical (unpaired) electrons. The summed E-state index contributed by atoms with van der Waals surface area (Å²) >= 11 is 1.62. The third-order valence-corrected chi connectivity index (χ3v) is 7.23. The lowest BCUT2D eigenvalue weighted by atomic mass is 9.88. The predicted octanol–water partition coefficient (Wildman–Crippen LogP) is 5.84. The molecule has 0 spiro atoms. The van der Waals surface area contributed by atoms with Gasteiger partial charge in [0, 0.05) is 23.8 Å². The first-order valence-corrected chi connectivity index (χ1v) is 12.0. The highest BCUT2D eigenvalue weighted by atomic mass is 32.1. The fraction of sp³-hybridized carbons (Fsp3) is 0.385. The number of hydrogen-bond donors (Lipinski definition) is 1. The molecule has 3 aromatic rings. The zero-order valence-corrected chi connectivity index (χ0v) is 19.2. The first-order valence-electron chi connectivity index (χ1n) is 11.2. The number of aryl methyl sites for hydroxylation is 1. The number of likely N-dealkylation sites (tertiary alicyclic amines) is 1. The van der Waals surface area contributed by atoms with E-state index < -0.39 is 0 Å². The van der Waals surface area contributed by atoms with Crippen LogP contribution in [0.15, 0.2) is 60.7 Å². The highest BCUT2D eigenvalue weighted by Crippen LogP contribution is 2.30. The van der Waals surface area contributed by atoms with Gasteiger partial charge in [-0.2, -0.15) is 0 Å². The number of hydrogen-bond acceptors (Lipinski definition) is 4. The standard InChI is InChI=1S/C26H31N3OS/c1-19-13-15-29(16-14-19)18-24-20(2)27-26(31-24)28-25(30)17-23(21-9-5-3-6-10-21)22-11-7-4-8-12-22/h3-12,19,23H,13-18H2,1-2H3,(H,27,28,30). The summed E-state index contributed by atoms with van der Waals surface area (Å²) in [5.41, 5.74) is 3.33. The van der Waals surface area contributed by atoms with Gasteiger partial charge in [0.1, 0.15) is 0 Å². The average Bonchev–Trinajstić information content (AvgIpc) is 3.13. The van der Waals surface area contributed by atoms with Crippen molar-refractivity contribution in [1.29, 1.82) is 0 Å². The molecule has 2 heterocycles. The van der Waals surface area contributed by atoms with Crippen molar-refractivity contribution in [3.8, 4) is 0 Å². The number of rotatable bonds is 7. The second-order valence-electron chi connectivity index (χ2n) is 8.61. The number of carbonyl (C=O) groups is 1. The molecule has 4 rings (SSSR count). The number of nitrogens with one attached hydrogen (secondary N) is 1. The van der Waals surface area contributed by atoms with Crippen LogP contribution in [0.5, 0.6) is 0 Å². The molecule has 0 atom stereocenters. The van der Waals surface area contributed by atoms with Crippen LogP contribution in [-0.4, -0.2) is 28.9 Å². The Morgan fingerprint density at radius 2 is 1.65 bits per heavy atom. The van der Waals surface area contributed by atoms with Crippen LogP contribution in [0.3, 0.4) is 0 Å². The van der Waals surface area contributed by atoms with Crippen molar-refractivity contribution in [1.82, 2.24) is 9.88 Å². The van der Waals surface area contributed by atoms with Crippen LogP contribution in [0.4, 0.5) is 5.13 Å². The Morgan fingerprint density at radius 3 is 2.23 bits per heavy atom. The average molecular weight is 434 g/mol. The zero-order valence-electron chi connectivity index (χ0n) is 18.4. The molecule has 0 saturated carbocycles. The second kappa shape index (κ2) is 10.2. The summed E-state index contributed by atoms with van der Waals surface area (Å²) in [5.74, 6) is 0.860. The lowest BCUT2D eigenvalue weighted by molar-refractivity contribution is -0.116. The Hall–Kier alpha value is -2.50. The van der Waals surface area contributed by atoms with Crippen molar-refractivity contribution in [2.45, 2.75) is 45.6 Å². The van der Waals surface area contributed by atoms with Crippen molar-refractivity contribution < 1.29 is 4.79 Å². The van der Waals surface area contributed by atoms with E-state index in [4.69, 9.17) is 0 Å². The molecule has 4 nitrogen and oxygen atoms in total. The van der Waals surface area contributed by atoms with Crippen LogP contribution in [0.1, 0.15) is 53.8 Å². The summed E-state index contributed by atoms with van der Waals surface area (Å²) in [7, 11) is 0. The van der Waals surface area contributed by atoms with Gasteiger partial charge in [-0.05, 0) is 49.9 Å². The van der Waals surface area contributed by atoms with Crippen LogP contribution in [-0.2, 0) is 11.3 Å². The first kappa shape index (κ1) is 21.7. The summed E-state index contributed by atoms with van der Waals surface area (Å²) in [5, 5.41) is 3.78. The third kappa shape index (κ3) is 5.81. The van der Waals surface area contributed by atoms with Gasteiger partial charge in [0.05, 0.1) is 5.69 Å². The van der Waals surface area contributed by atoms with Crippen molar-refractivity contribution in [3.63, 3.8) is 0 Å². The molecule has 1 saturated heterocycles. The first-order chi connectivity index (χ1) is 15.1. The van der Waals surface area contributed by atoms with E-state index in [0.717, 1.165) is 42.4 Å². The normalized spacial score (nSPS) is 15.3.